The monoisotopic (exact) mass is 544 g/mol. The Morgan fingerprint density at radius 1 is 1.10 bits per heavy atom. The molecule has 0 saturated heterocycles. The molecule has 0 saturated carbocycles. The Kier molecular flexibility index (Phi) is 7.78. The van der Waals surface area contributed by atoms with Crippen molar-refractivity contribution in [2.24, 2.45) is 5.73 Å². The molecule has 40 heavy (non-hydrogen) atoms. The Bertz CT molecular complexity index is 1700. The molecule has 206 valence electrons. The van der Waals surface area contributed by atoms with Crippen molar-refractivity contribution in [2.45, 2.75) is 33.2 Å². The molecule has 5 rings (SSSR count). The summed E-state index contributed by atoms with van der Waals surface area (Å²) < 4.78 is 22.9. The Hall–Kier alpha value is -4.71. The van der Waals surface area contributed by atoms with Gasteiger partial charge in [-0.2, -0.15) is 10.5 Å². The first-order valence-electron chi connectivity index (χ1n) is 12.6. The number of carbonyl (C=O) groups is 1. The van der Waals surface area contributed by atoms with Gasteiger partial charge in [-0.15, -0.1) is 0 Å². The van der Waals surface area contributed by atoms with Crippen LogP contribution in [0.15, 0.2) is 80.4 Å². The van der Waals surface area contributed by atoms with Crippen LogP contribution < -0.4 is 21.8 Å². The molecule has 4 N–H and O–H groups in total. The van der Waals surface area contributed by atoms with Gasteiger partial charge in [0.25, 0.3) is 6.01 Å². The average molecular weight is 545 g/mol. The molecule has 0 aliphatic carbocycles. The van der Waals surface area contributed by atoms with E-state index in [2.05, 4.69) is 10.5 Å². The largest absolute Gasteiger partial charge is 0.519 e. The van der Waals surface area contributed by atoms with Crippen molar-refractivity contribution in [3.8, 4) is 17.1 Å². The summed E-state index contributed by atoms with van der Waals surface area (Å²) in [4.78, 5) is 29.1. The number of benzene rings is 3. The lowest BCUT2D eigenvalue weighted by molar-refractivity contribution is 0.0444. The number of rotatable bonds is 10. The average Bonchev–Trinajstić information content (AvgIpc) is 3.49. The zero-order valence-corrected chi connectivity index (χ0v) is 21.9. The summed E-state index contributed by atoms with van der Waals surface area (Å²) >= 11 is 0. The number of esters is 1. The van der Waals surface area contributed by atoms with E-state index in [1.165, 1.54) is 0 Å². The van der Waals surface area contributed by atoms with E-state index >= 15 is 0 Å². The Balaban J connectivity index is 1.46. The van der Waals surface area contributed by atoms with Crippen molar-refractivity contribution in [2.75, 3.05) is 6.61 Å². The number of hydrogen-bond acceptors (Lipinski definition) is 10. The van der Waals surface area contributed by atoms with Crippen LogP contribution in [0, 0.1) is 6.92 Å². The number of aryl methyl sites for hydroxylation is 1. The van der Waals surface area contributed by atoms with Gasteiger partial charge in [-0.05, 0) is 48.2 Å². The second kappa shape index (κ2) is 11.6. The third-order valence-corrected chi connectivity index (χ3v) is 6.44. The van der Waals surface area contributed by atoms with Crippen LogP contribution in [0.25, 0.3) is 22.2 Å². The maximum atomic E-state index is 13.1. The number of imidazole rings is 1. The zero-order valence-electron chi connectivity index (χ0n) is 21.9. The molecule has 0 fully saturated rings. The molecule has 0 aliphatic heterocycles. The molecule has 11 nitrogen and oxygen atoms in total. The molecular weight excluding hydrogens is 516 g/mol. The zero-order chi connectivity index (χ0) is 28.2. The van der Waals surface area contributed by atoms with E-state index in [4.69, 9.17) is 24.0 Å². The van der Waals surface area contributed by atoms with E-state index in [1.54, 1.807) is 25.1 Å². The van der Waals surface area contributed by atoms with Crippen LogP contribution >= 0.6 is 0 Å². The fourth-order valence-electron chi connectivity index (χ4n) is 4.50. The first-order chi connectivity index (χ1) is 19.4. The summed E-state index contributed by atoms with van der Waals surface area (Å²) in [6.07, 6.45) is -0.728. The summed E-state index contributed by atoms with van der Waals surface area (Å²) in [6, 6.07) is 20.9. The number of fused-ring (bicyclic) bond motifs is 1. The Morgan fingerprint density at radius 2 is 1.88 bits per heavy atom. The van der Waals surface area contributed by atoms with Crippen LogP contribution in [0.1, 0.15) is 46.1 Å². The first-order valence-corrected chi connectivity index (χ1v) is 12.6. The SMILES string of the molecule is CCOc1nc2cccc(C(=O)OCc3oc(=O)oc3C)c2n1Cc1ccc(-c2ccccc2C(N)NO)cc1. The minimum absolute atomic E-state index is 0.145. The number of nitrogens with two attached hydrogens (primary N) is 1. The smallest absolute Gasteiger partial charge is 0.465 e. The van der Waals surface area contributed by atoms with Crippen LogP contribution in [-0.2, 0) is 17.9 Å². The topological polar surface area (TPSA) is 155 Å². The van der Waals surface area contributed by atoms with Crippen LogP contribution in [0.3, 0.4) is 0 Å². The van der Waals surface area contributed by atoms with E-state index in [0.29, 0.717) is 30.2 Å². The predicted molar refractivity (Wildman–Crippen MR) is 145 cm³/mol. The molecule has 2 aromatic heterocycles. The van der Waals surface area contributed by atoms with E-state index in [9.17, 15) is 14.8 Å². The van der Waals surface area contributed by atoms with Gasteiger partial charge in [-0.3, -0.25) is 4.57 Å². The summed E-state index contributed by atoms with van der Waals surface area (Å²) in [5.74, 6) is -1.07. The Morgan fingerprint density at radius 3 is 2.58 bits per heavy atom. The first kappa shape index (κ1) is 26.9. The van der Waals surface area contributed by atoms with Gasteiger partial charge in [0.15, 0.2) is 18.1 Å². The fourth-order valence-corrected chi connectivity index (χ4v) is 4.50. The van der Waals surface area contributed by atoms with Gasteiger partial charge in [0, 0.05) is 0 Å². The maximum absolute atomic E-state index is 13.1. The Labute approximate surface area is 228 Å². The van der Waals surface area contributed by atoms with Crippen LogP contribution in [-0.4, -0.2) is 27.3 Å². The number of hydroxylamine groups is 1. The molecule has 0 bridgehead atoms. The van der Waals surface area contributed by atoms with Gasteiger partial charge < -0.3 is 29.2 Å². The molecule has 11 heteroatoms. The molecule has 2 heterocycles. The van der Waals surface area contributed by atoms with Crippen LogP contribution in [0.4, 0.5) is 0 Å². The molecule has 1 atom stereocenters. The standard InChI is InChI=1S/C29H28N4O7/c1-3-37-28-31-23-10-6-9-22(27(34)38-16-24-17(2)39-29(35)40-24)25(23)33(28)15-18-11-13-19(14-12-18)20-7-4-5-8-21(20)26(30)32-36/h4-14,26,32,36H,3,15-16,30H2,1-2H3. The second-order valence-electron chi connectivity index (χ2n) is 8.99. The normalized spacial score (nSPS) is 12.0. The molecule has 0 aliphatic rings. The van der Waals surface area contributed by atoms with Gasteiger partial charge in [-0.25, -0.2) is 9.59 Å². The van der Waals surface area contributed by atoms with Gasteiger partial charge in [-0.1, -0.05) is 54.6 Å². The van der Waals surface area contributed by atoms with Crippen molar-refractivity contribution < 1.29 is 28.3 Å². The lowest BCUT2D eigenvalue weighted by atomic mass is 9.97. The molecule has 0 radical (unpaired) electrons. The van der Waals surface area contributed by atoms with Crippen molar-refractivity contribution in [3.63, 3.8) is 0 Å². The van der Waals surface area contributed by atoms with Crippen LogP contribution in [0.2, 0.25) is 0 Å². The van der Waals surface area contributed by atoms with E-state index in [-0.39, 0.29) is 23.7 Å². The molecule has 5 aromatic rings. The lowest BCUT2D eigenvalue weighted by Gasteiger charge is -2.16. The third-order valence-electron chi connectivity index (χ3n) is 6.44. The molecular formula is C29H28N4O7. The number of carbonyl (C=O) groups excluding carboxylic acids is 1. The second-order valence-corrected chi connectivity index (χ2v) is 8.99. The number of nitrogens with one attached hydrogen (secondary N) is 1. The van der Waals surface area contributed by atoms with E-state index in [1.807, 2.05) is 60.0 Å². The highest BCUT2D eigenvalue weighted by molar-refractivity contribution is 6.02. The summed E-state index contributed by atoms with van der Waals surface area (Å²) in [7, 11) is 0. The molecule has 0 spiro atoms. The van der Waals surface area contributed by atoms with Gasteiger partial charge in [0.2, 0.25) is 0 Å². The predicted octanol–water partition coefficient (Wildman–Crippen LogP) is 4.30. The van der Waals surface area contributed by atoms with E-state index in [0.717, 1.165) is 22.3 Å². The minimum Gasteiger partial charge on any atom is -0.465 e. The maximum Gasteiger partial charge on any atom is 0.519 e. The van der Waals surface area contributed by atoms with Crippen molar-refractivity contribution in [1.29, 1.82) is 0 Å². The van der Waals surface area contributed by atoms with Crippen molar-refractivity contribution >= 4 is 17.0 Å². The van der Waals surface area contributed by atoms with Crippen molar-refractivity contribution in [3.05, 3.63) is 106 Å². The highest BCUT2D eigenvalue weighted by atomic mass is 16.6. The van der Waals surface area contributed by atoms with E-state index < -0.39 is 18.0 Å². The van der Waals surface area contributed by atoms with Gasteiger partial charge >= 0.3 is 11.8 Å². The molecule has 3 aromatic carbocycles. The van der Waals surface area contributed by atoms with Crippen LogP contribution in [0.5, 0.6) is 6.01 Å². The minimum atomic E-state index is -0.854. The lowest BCUT2D eigenvalue weighted by Crippen LogP contribution is -2.25. The van der Waals surface area contributed by atoms with Gasteiger partial charge in [0.05, 0.1) is 29.7 Å². The quantitative estimate of drug-likeness (QED) is 0.132. The fraction of sp³-hybridized carbons (Fsp3) is 0.207. The highest BCUT2D eigenvalue weighted by Gasteiger charge is 2.21. The summed E-state index contributed by atoms with van der Waals surface area (Å²) in [6.45, 7) is 3.91. The number of para-hydroxylation sites is 1. The third kappa shape index (κ3) is 5.38. The van der Waals surface area contributed by atoms with Gasteiger partial charge in [0.1, 0.15) is 6.17 Å². The highest BCUT2D eigenvalue weighted by Crippen LogP contribution is 2.29. The summed E-state index contributed by atoms with van der Waals surface area (Å²) in [5.41, 5.74) is 13.0. The number of aromatic nitrogens is 2. The number of hydrogen-bond donors (Lipinski definition) is 3. The molecule has 0 amide bonds. The molecule has 1 unspecified atom stereocenters. The number of nitrogens with zero attached hydrogens (tertiary/aromatic N) is 2. The number of ether oxygens (including phenoxy) is 2. The van der Waals surface area contributed by atoms with Crippen molar-refractivity contribution in [1.82, 2.24) is 15.0 Å². The summed E-state index contributed by atoms with van der Waals surface area (Å²) in [5, 5.41) is 9.32.